The van der Waals surface area contributed by atoms with E-state index in [2.05, 4.69) is 0 Å². The average molecular weight is 392 g/mol. The van der Waals surface area contributed by atoms with Gasteiger partial charge in [-0.25, -0.2) is 4.79 Å². The number of ether oxygens (including phenoxy) is 3. The number of rotatable bonds is 6. The van der Waals surface area contributed by atoms with E-state index in [0.29, 0.717) is 18.8 Å². The first-order valence-corrected chi connectivity index (χ1v) is 9.66. The second-order valence-electron chi connectivity index (χ2n) is 8.17. The highest BCUT2D eigenvalue weighted by atomic mass is 16.6. The second-order valence-corrected chi connectivity index (χ2v) is 8.17. The van der Waals surface area contributed by atoms with Crippen LogP contribution in [0.15, 0.2) is 24.3 Å². The molecule has 0 saturated carbocycles. The van der Waals surface area contributed by atoms with E-state index >= 15 is 0 Å². The molecule has 156 valence electrons. The summed E-state index contributed by atoms with van der Waals surface area (Å²) in [6.45, 7) is 7.46. The van der Waals surface area contributed by atoms with Crippen molar-refractivity contribution in [3.8, 4) is 11.5 Å². The Bertz CT molecular complexity index is 654. The molecule has 7 nitrogen and oxygen atoms in total. The summed E-state index contributed by atoms with van der Waals surface area (Å²) >= 11 is 0. The number of likely N-dealkylation sites (tertiary alicyclic amines) is 1. The first-order valence-electron chi connectivity index (χ1n) is 9.66. The van der Waals surface area contributed by atoms with Crippen LogP contribution in [0.4, 0.5) is 4.79 Å². The molecule has 1 saturated heterocycles. The van der Waals surface area contributed by atoms with Crippen molar-refractivity contribution in [3.05, 3.63) is 24.3 Å². The lowest BCUT2D eigenvalue weighted by Gasteiger charge is -2.35. The third kappa shape index (κ3) is 6.94. The normalized spacial score (nSPS) is 17.0. The number of carbonyl (C=O) groups is 2. The van der Waals surface area contributed by atoms with Gasteiger partial charge in [-0.2, -0.15) is 0 Å². The summed E-state index contributed by atoms with van der Waals surface area (Å²) in [6, 6.07) is 7.15. The van der Waals surface area contributed by atoms with Gasteiger partial charge in [-0.1, -0.05) is 0 Å². The minimum absolute atomic E-state index is 0.000946. The van der Waals surface area contributed by atoms with Crippen LogP contribution >= 0.6 is 0 Å². The van der Waals surface area contributed by atoms with Crippen LogP contribution in [0.5, 0.6) is 11.5 Å². The van der Waals surface area contributed by atoms with Gasteiger partial charge in [0.1, 0.15) is 17.1 Å². The van der Waals surface area contributed by atoms with E-state index in [1.807, 2.05) is 25.7 Å². The number of piperidine rings is 1. The summed E-state index contributed by atoms with van der Waals surface area (Å²) in [5.41, 5.74) is -0.515. The lowest BCUT2D eigenvalue weighted by atomic mass is 9.97. The fraction of sp³-hybridized carbons (Fsp3) is 0.619. The van der Waals surface area contributed by atoms with Gasteiger partial charge in [0.25, 0.3) is 5.91 Å². The third-order valence-electron chi connectivity index (χ3n) is 4.53. The van der Waals surface area contributed by atoms with Crippen molar-refractivity contribution >= 4 is 12.0 Å². The van der Waals surface area contributed by atoms with Gasteiger partial charge in [0.15, 0.2) is 6.61 Å². The van der Waals surface area contributed by atoms with Crippen molar-refractivity contribution in [2.45, 2.75) is 39.2 Å². The van der Waals surface area contributed by atoms with E-state index in [-0.39, 0.29) is 24.5 Å². The molecule has 1 unspecified atom stereocenters. The van der Waals surface area contributed by atoms with E-state index in [9.17, 15) is 9.59 Å². The lowest BCUT2D eigenvalue weighted by Crippen LogP contribution is -2.46. The highest BCUT2D eigenvalue weighted by molar-refractivity contribution is 5.78. The largest absolute Gasteiger partial charge is 0.497 e. The first-order chi connectivity index (χ1) is 13.2. The van der Waals surface area contributed by atoms with Gasteiger partial charge in [0.2, 0.25) is 0 Å². The van der Waals surface area contributed by atoms with Gasteiger partial charge in [0, 0.05) is 26.7 Å². The molecule has 1 aromatic carbocycles. The molecule has 0 aromatic heterocycles. The van der Waals surface area contributed by atoms with Crippen LogP contribution in [-0.2, 0) is 9.53 Å². The van der Waals surface area contributed by atoms with Gasteiger partial charge >= 0.3 is 6.09 Å². The Kier molecular flexibility index (Phi) is 7.54. The maximum absolute atomic E-state index is 12.5. The summed E-state index contributed by atoms with van der Waals surface area (Å²) in [5, 5.41) is 0. The quantitative estimate of drug-likeness (QED) is 0.744. The molecule has 0 N–H and O–H groups in total. The maximum Gasteiger partial charge on any atom is 0.410 e. The molecule has 1 aromatic rings. The van der Waals surface area contributed by atoms with Gasteiger partial charge in [-0.05, 0) is 63.8 Å². The fourth-order valence-corrected chi connectivity index (χ4v) is 3.15. The Hall–Kier alpha value is -2.44. The SMILES string of the molecule is COc1ccc(OCC(=O)N2CCCC(CN(C)C(=O)OC(C)(C)C)C2)cc1. The number of amides is 2. The monoisotopic (exact) mass is 392 g/mol. The van der Waals surface area contributed by atoms with Crippen LogP contribution in [0.3, 0.4) is 0 Å². The summed E-state index contributed by atoms with van der Waals surface area (Å²) in [5.74, 6) is 1.57. The molecule has 1 aliphatic heterocycles. The Labute approximate surface area is 167 Å². The van der Waals surface area contributed by atoms with Gasteiger partial charge < -0.3 is 24.0 Å². The summed E-state index contributed by atoms with van der Waals surface area (Å²) in [6.07, 6.45) is 1.57. The Balaban J connectivity index is 1.81. The van der Waals surface area contributed by atoms with Crippen LogP contribution in [0, 0.1) is 5.92 Å². The molecule has 0 radical (unpaired) electrons. The molecule has 1 fully saturated rings. The zero-order chi connectivity index (χ0) is 20.7. The van der Waals surface area contributed by atoms with E-state index in [1.54, 1.807) is 43.3 Å². The average Bonchev–Trinajstić information content (AvgIpc) is 2.65. The number of methoxy groups -OCH3 is 1. The van der Waals surface area contributed by atoms with Crippen molar-refractivity contribution in [1.29, 1.82) is 0 Å². The maximum atomic E-state index is 12.5. The molecule has 2 rings (SSSR count). The van der Waals surface area contributed by atoms with Crippen LogP contribution in [0.1, 0.15) is 33.6 Å². The van der Waals surface area contributed by atoms with Crippen molar-refractivity contribution in [1.82, 2.24) is 9.80 Å². The van der Waals surface area contributed by atoms with Crippen molar-refractivity contribution < 1.29 is 23.8 Å². The van der Waals surface area contributed by atoms with E-state index < -0.39 is 5.60 Å². The molecule has 0 spiro atoms. The van der Waals surface area contributed by atoms with Crippen LogP contribution in [0.2, 0.25) is 0 Å². The summed E-state index contributed by atoms with van der Waals surface area (Å²) < 4.78 is 16.1. The zero-order valence-corrected chi connectivity index (χ0v) is 17.6. The molecule has 28 heavy (non-hydrogen) atoms. The zero-order valence-electron chi connectivity index (χ0n) is 17.6. The van der Waals surface area contributed by atoms with E-state index in [4.69, 9.17) is 14.2 Å². The van der Waals surface area contributed by atoms with Crippen molar-refractivity contribution in [2.75, 3.05) is 40.4 Å². The minimum Gasteiger partial charge on any atom is -0.497 e. The molecule has 7 heteroatoms. The molecule has 1 heterocycles. The second kappa shape index (κ2) is 9.66. The summed E-state index contributed by atoms with van der Waals surface area (Å²) in [4.78, 5) is 28.1. The highest BCUT2D eigenvalue weighted by Crippen LogP contribution is 2.20. The number of benzene rings is 1. The topological polar surface area (TPSA) is 68.3 Å². The number of carbonyl (C=O) groups excluding carboxylic acids is 2. The Morgan fingerprint density at radius 1 is 1.18 bits per heavy atom. The molecule has 1 atom stereocenters. The fourth-order valence-electron chi connectivity index (χ4n) is 3.15. The van der Waals surface area contributed by atoms with Crippen molar-refractivity contribution in [3.63, 3.8) is 0 Å². The lowest BCUT2D eigenvalue weighted by molar-refractivity contribution is -0.135. The van der Waals surface area contributed by atoms with E-state index in [0.717, 1.165) is 25.1 Å². The van der Waals surface area contributed by atoms with Crippen LogP contribution in [-0.4, -0.2) is 67.8 Å². The molecule has 2 amide bonds. The number of nitrogens with zero attached hydrogens (tertiary/aromatic N) is 2. The minimum atomic E-state index is -0.515. The Morgan fingerprint density at radius 2 is 1.82 bits per heavy atom. The predicted molar refractivity (Wildman–Crippen MR) is 107 cm³/mol. The predicted octanol–water partition coefficient (Wildman–Crippen LogP) is 3.18. The van der Waals surface area contributed by atoms with Crippen LogP contribution in [0.25, 0.3) is 0 Å². The standard InChI is InChI=1S/C21H32N2O5/c1-21(2,3)28-20(25)22(4)13-16-7-6-12-23(14-16)19(24)15-27-18-10-8-17(26-5)9-11-18/h8-11,16H,6-7,12-15H2,1-5H3. The molecular formula is C21H32N2O5. The first kappa shape index (κ1) is 21.9. The van der Waals surface area contributed by atoms with Crippen molar-refractivity contribution in [2.24, 2.45) is 5.92 Å². The van der Waals surface area contributed by atoms with E-state index in [1.165, 1.54) is 0 Å². The van der Waals surface area contributed by atoms with Crippen LogP contribution < -0.4 is 9.47 Å². The Morgan fingerprint density at radius 3 is 2.43 bits per heavy atom. The number of hydrogen-bond acceptors (Lipinski definition) is 5. The van der Waals surface area contributed by atoms with Gasteiger partial charge in [-0.15, -0.1) is 0 Å². The number of hydrogen-bond donors (Lipinski definition) is 0. The molecule has 1 aliphatic rings. The summed E-state index contributed by atoms with van der Waals surface area (Å²) in [7, 11) is 3.34. The smallest absolute Gasteiger partial charge is 0.410 e. The third-order valence-corrected chi connectivity index (χ3v) is 4.53. The molecular weight excluding hydrogens is 360 g/mol. The van der Waals surface area contributed by atoms with Gasteiger partial charge in [0.05, 0.1) is 7.11 Å². The highest BCUT2D eigenvalue weighted by Gasteiger charge is 2.27. The van der Waals surface area contributed by atoms with Gasteiger partial charge in [-0.3, -0.25) is 4.79 Å². The molecule has 0 aliphatic carbocycles. The molecule has 0 bridgehead atoms.